The highest BCUT2D eigenvalue weighted by Gasteiger charge is 2.51. The van der Waals surface area contributed by atoms with Crippen LogP contribution in [0.2, 0.25) is 0 Å². The van der Waals surface area contributed by atoms with Gasteiger partial charge in [0, 0.05) is 6.04 Å². The Morgan fingerprint density at radius 3 is 2.60 bits per heavy atom. The lowest BCUT2D eigenvalue weighted by molar-refractivity contribution is -0.137. The van der Waals surface area contributed by atoms with Crippen LogP contribution in [0.15, 0.2) is 40.8 Å². The fourth-order valence-corrected chi connectivity index (χ4v) is 5.55. The monoisotopic (exact) mass is 429 g/mol. The number of hydrogen-bond acceptors (Lipinski definition) is 6. The Hall–Kier alpha value is -2.36. The number of thioether (sulfide) groups is 1. The van der Waals surface area contributed by atoms with Crippen LogP contribution in [0.4, 0.5) is 4.79 Å². The van der Waals surface area contributed by atoms with Crippen LogP contribution in [0, 0.1) is 5.92 Å². The van der Waals surface area contributed by atoms with Gasteiger partial charge in [0.15, 0.2) is 0 Å². The van der Waals surface area contributed by atoms with Gasteiger partial charge < -0.3 is 10.2 Å². The van der Waals surface area contributed by atoms with Crippen LogP contribution in [0.5, 0.6) is 0 Å². The van der Waals surface area contributed by atoms with Gasteiger partial charge in [0.1, 0.15) is 6.54 Å². The number of nitrogens with one attached hydrogen (secondary N) is 3. The molecule has 0 aromatic heterocycles. The summed E-state index contributed by atoms with van der Waals surface area (Å²) in [6.45, 7) is 6.04. The smallest absolute Gasteiger partial charge is 0.328 e. The third kappa shape index (κ3) is 3.97. The number of imide groups is 1. The molecular formula is C21H27N5O3S. The molecule has 9 heteroatoms. The molecule has 2 fully saturated rings. The average Bonchev–Trinajstić information content (AvgIpc) is 3.26. The number of carbonyl (C=O) groups is 3. The lowest BCUT2D eigenvalue weighted by Gasteiger charge is -2.41. The first kappa shape index (κ1) is 20.9. The number of nitrogens with zero attached hydrogens (tertiary/aromatic N) is 2. The van der Waals surface area contributed by atoms with E-state index in [2.05, 4.69) is 16.2 Å². The summed E-state index contributed by atoms with van der Waals surface area (Å²) in [5.74, 6) is -0.856. The largest absolute Gasteiger partial charge is 0.338 e. The van der Waals surface area contributed by atoms with E-state index in [9.17, 15) is 14.4 Å². The predicted molar refractivity (Wildman–Crippen MR) is 115 cm³/mol. The molecule has 3 aliphatic heterocycles. The van der Waals surface area contributed by atoms with Crippen molar-refractivity contribution >= 4 is 29.6 Å². The van der Waals surface area contributed by atoms with Gasteiger partial charge in [-0.15, -0.1) is 11.8 Å². The summed E-state index contributed by atoms with van der Waals surface area (Å²) in [4.78, 5) is 43.1. The van der Waals surface area contributed by atoms with Gasteiger partial charge in [0.05, 0.1) is 24.0 Å². The van der Waals surface area contributed by atoms with E-state index in [-0.39, 0.29) is 42.5 Å². The second-order valence-electron chi connectivity index (χ2n) is 8.09. The first-order chi connectivity index (χ1) is 14.3. The highest BCUT2D eigenvalue weighted by molar-refractivity contribution is 8.03. The van der Waals surface area contributed by atoms with Gasteiger partial charge in [0.25, 0.3) is 0 Å². The van der Waals surface area contributed by atoms with Crippen LogP contribution in [-0.4, -0.2) is 51.8 Å². The van der Waals surface area contributed by atoms with E-state index < -0.39 is 11.9 Å². The maximum absolute atomic E-state index is 13.3. The van der Waals surface area contributed by atoms with Crippen LogP contribution >= 0.6 is 11.8 Å². The molecule has 4 unspecified atom stereocenters. The van der Waals surface area contributed by atoms with Crippen LogP contribution in [0.3, 0.4) is 0 Å². The summed E-state index contributed by atoms with van der Waals surface area (Å²) in [7, 11) is 0. The van der Waals surface area contributed by atoms with Crippen molar-refractivity contribution in [2.75, 3.05) is 6.54 Å². The SMILES string of the molecule is CC1=C(C)C2C(=O)N(Cc3ccccc3)C(=O)N(CC(=O)NC3CC(C)NN3)C2S1. The topological polar surface area (TPSA) is 93.8 Å². The number of allylic oxidation sites excluding steroid dienone is 1. The van der Waals surface area contributed by atoms with E-state index in [1.54, 1.807) is 4.90 Å². The molecule has 0 radical (unpaired) electrons. The number of hydrazine groups is 1. The van der Waals surface area contributed by atoms with Gasteiger partial charge in [-0.1, -0.05) is 30.3 Å². The Morgan fingerprint density at radius 1 is 1.20 bits per heavy atom. The third-order valence-corrected chi connectivity index (χ3v) is 7.29. The van der Waals surface area contributed by atoms with Crippen molar-refractivity contribution in [3.63, 3.8) is 0 Å². The molecular weight excluding hydrogens is 402 g/mol. The Balaban J connectivity index is 1.54. The van der Waals surface area contributed by atoms with E-state index >= 15 is 0 Å². The van der Waals surface area contributed by atoms with Crippen LogP contribution in [0.25, 0.3) is 0 Å². The maximum Gasteiger partial charge on any atom is 0.328 e. The Kier molecular flexibility index (Phi) is 5.86. The van der Waals surface area contributed by atoms with Crippen LogP contribution in [0.1, 0.15) is 32.8 Å². The number of rotatable bonds is 5. The molecule has 0 bridgehead atoms. The van der Waals surface area contributed by atoms with Crippen molar-refractivity contribution in [3.05, 3.63) is 46.4 Å². The lowest BCUT2D eigenvalue weighted by atomic mass is 9.95. The van der Waals surface area contributed by atoms with E-state index in [4.69, 9.17) is 0 Å². The third-order valence-electron chi connectivity index (χ3n) is 5.85. The van der Waals surface area contributed by atoms with Crippen molar-refractivity contribution < 1.29 is 14.4 Å². The number of hydrogen-bond donors (Lipinski definition) is 3. The molecule has 30 heavy (non-hydrogen) atoms. The van der Waals surface area contributed by atoms with Gasteiger partial charge in [-0.2, -0.15) is 0 Å². The second kappa shape index (κ2) is 8.41. The highest BCUT2D eigenvalue weighted by atomic mass is 32.2. The maximum atomic E-state index is 13.3. The number of urea groups is 1. The zero-order chi connectivity index (χ0) is 21.4. The van der Waals surface area contributed by atoms with Gasteiger partial charge in [0.2, 0.25) is 11.8 Å². The first-order valence-electron chi connectivity index (χ1n) is 10.2. The zero-order valence-corrected chi connectivity index (χ0v) is 18.2. The molecule has 4 atom stereocenters. The quantitative estimate of drug-likeness (QED) is 0.661. The number of amides is 4. The molecule has 0 spiro atoms. The first-order valence-corrected chi connectivity index (χ1v) is 11.0. The molecule has 4 rings (SSSR count). The van der Waals surface area contributed by atoms with E-state index in [1.807, 2.05) is 51.1 Å². The van der Waals surface area contributed by atoms with E-state index in [1.165, 1.54) is 16.7 Å². The van der Waals surface area contributed by atoms with Crippen LogP contribution < -0.4 is 16.2 Å². The minimum absolute atomic E-state index is 0.0846. The summed E-state index contributed by atoms with van der Waals surface area (Å²) in [6, 6.07) is 9.28. The van der Waals surface area contributed by atoms with Crippen molar-refractivity contribution in [1.29, 1.82) is 0 Å². The molecule has 0 saturated carbocycles. The number of fused-ring (bicyclic) bond motifs is 1. The van der Waals surface area contributed by atoms with Crippen LogP contribution in [-0.2, 0) is 16.1 Å². The Morgan fingerprint density at radius 2 is 1.93 bits per heavy atom. The van der Waals surface area contributed by atoms with Gasteiger partial charge in [-0.05, 0) is 43.2 Å². The molecule has 2 saturated heterocycles. The molecule has 160 valence electrons. The standard InChI is InChI=1S/C21H27N5O3S/c1-12-9-16(24-23-12)22-17(27)11-26-20-18(13(2)14(3)30-20)19(28)25(21(26)29)10-15-7-5-4-6-8-15/h4-8,12,16,18,20,23-24H,9-11H2,1-3H3,(H,22,27). The van der Waals surface area contributed by atoms with Crippen molar-refractivity contribution in [2.24, 2.45) is 5.92 Å². The van der Waals surface area contributed by atoms with Gasteiger partial charge >= 0.3 is 6.03 Å². The zero-order valence-electron chi connectivity index (χ0n) is 17.3. The lowest BCUT2D eigenvalue weighted by Crippen LogP contribution is -2.61. The molecule has 1 aromatic rings. The summed E-state index contributed by atoms with van der Waals surface area (Å²) in [5.41, 5.74) is 7.95. The molecule has 3 aliphatic rings. The molecule has 8 nitrogen and oxygen atoms in total. The highest BCUT2D eigenvalue weighted by Crippen LogP contribution is 2.46. The molecule has 3 N–H and O–H groups in total. The molecule has 0 aliphatic carbocycles. The minimum Gasteiger partial charge on any atom is -0.338 e. The predicted octanol–water partition coefficient (Wildman–Crippen LogP) is 1.76. The number of carbonyl (C=O) groups excluding carboxylic acids is 3. The summed E-state index contributed by atoms with van der Waals surface area (Å²) >= 11 is 1.50. The van der Waals surface area contributed by atoms with Crippen molar-refractivity contribution in [3.8, 4) is 0 Å². The molecule has 3 heterocycles. The summed E-state index contributed by atoms with van der Waals surface area (Å²) in [5, 5.41) is 2.54. The second-order valence-corrected chi connectivity index (χ2v) is 9.42. The Labute approximate surface area is 180 Å². The van der Waals surface area contributed by atoms with Crippen molar-refractivity contribution in [2.45, 2.75) is 51.3 Å². The molecule has 4 amide bonds. The average molecular weight is 430 g/mol. The number of benzene rings is 1. The normalized spacial score (nSPS) is 28.9. The Bertz CT molecular complexity index is 890. The molecule has 1 aromatic carbocycles. The van der Waals surface area contributed by atoms with E-state index in [0.29, 0.717) is 0 Å². The summed E-state index contributed by atoms with van der Waals surface area (Å²) in [6.07, 6.45) is 0.585. The van der Waals surface area contributed by atoms with E-state index in [0.717, 1.165) is 22.5 Å². The van der Waals surface area contributed by atoms with Gasteiger partial charge in [-0.3, -0.25) is 19.9 Å². The summed E-state index contributed by atoms with van der Waals surface area (Å²) < 4.78 is 0. The van der Waals surface area contributed by atoms with Crippen molar-refractivity contribution in [1.82, 2.24) is 26.0 Å². The fourth-order valence-electron chi connectivity index (χ4n) is 4.12. The van der Waals surface area contributed by atoms with Gasteiger partial charge in [-0.25, -0.2) is 10.2 Å². The fraction of sp³-hybridized carbons (Fsp3) is 0.476. The minimum atomic E-state index is -0.421.